The average molecular weight is 248 g/mol. The Hall–Kier alpha value is -0.670. The van der Waals surface area contributed by atoms with Crippen molar-refractivity contribution in [3.63, 3.8) is 0 Å². The van der Waals surface area contributed by atoms with Gasteiger partial charge in [0, 0.05) is 30.6 Å². The Morgan fingerprint density at radius 1 is 1.24 bits per heavy atom. The van der Waals surface area contributed by atoms with Gasteiger partial charge in [-0.15, -0.1) is 0 Å². The summed E-state index contributed by atoms with van der Waals surface area (Å²) in [5, 5.41) is 3.65. The lowest BCUT2D eigenvalue weighted by atomic mass is 10.1. The van der Waals surface area contributed by atoms with Crippen molar-refractivity contribution in [2.24, 2.45) is 0 Å². The van der Waals surface area contributed by atoms with Crippen LogP contribution in [-0.4, -0.2) is 42.1 Å². The second kappa shape index (κ2) is 5.32. The maximum Gasteiger partial charge on any atom is 0.0429 e. The van der Waals surface area contributed by atoms with Crippen LogP contribution in [0.15, 0.2) is 24.3 Å². The minimum atomic E-state index is 0.621. The van der Waals surface area contributed by atoms with Crippen molar-refractivity contribution in [1.82, 2.24) is 4.90 Å². The third kappa shape index (κ3) is 2.78. The monoisotopic (exact) mass is 248 g/mol. The molecule has 92 valence electrons. The van der Waals surface area contributed by atoms with Crippen molar-refractivity contribution in [2.45, 2.75) is 18.9 Å². The fourth-order valence-electron chi connectivity index (χ4n) is 2.78. The molecule has 0 spiro atoms. The first-order valence-electron chi connectivity index (χ1n) is 6.56. The van der Waals surface area contributed by atoms with Gasteiger partial charge in [0.05, 0.1) is 0 Å². The fraction of sp³-hybridized carbons (Fsp3) is 0.571. The van der Waals surface area contributed by atoms with Gasteiger partial charge in [-0.05, 0) is 36.8 Å². The van der Waals surface area contributed by atoms with Gasteiger partial charge in [0.1, 0.15) is 0 Å². The number of benzene rings is 1. The van der Waals surface area contributed by atoms with E-state index in [0.29, 0.717) is 6.04 Å². The van der Waals surface area contributed by atoms with E-state index < -0.39 is 0 Å². The molecule has 0 amide bonds. The fourth-order valence-corrected chi connectivity index (χ4v) is 3.70. The van der Waals surface area contributed by atoms with Crippen molar-refractivity contribution >= 4 is 17.4 Å². The topological polar surface area (TPSA) is 15.3 Å². The van der Waals surface area contributed by atoms with Crippen LogP contribution in [0.5, 0.6) is 0 Å². The number of rotatable bonds is 2. The lowest BCUT2D eigenvalue weighted by molar-refractivity contribution is 0.284. The minimum Gasteiger partial charge on any atom is -0.380 e. The average Bonchev–Trinajstić information content (AvgIpc) is 2.57. The molecule has 1 saturated heterocycles. The van der Waals surface area contributed by atoms with Crippen molar-refractivity contribution < 1.29 is 0 Å². The molecule has 0 saturated carbocycles. The summed E-state index contributed by atoms with van der Waals surface area (Å²) in [6, 6.07) is 9.34. The molecule has 1 aromatic carbocycles. The summed E-state index contributed by atoms with van der Waals surface area (Å²) in [6.07, 6.45) is 2.55. The second-order valence-corrected chi connectivity index (χ2v) is 6.19. The highest BCUT2D eigenvalue weighted by atomic mass is 32.2. The summed E-state index contributed by atoms with van der Waals surface area (Å²) in [4.78, 5) is 2.63. The molecule has 2 nitrogen and oxygen atoms in total. The molecular weight excluding hydrogens is 228 g/mol. The molecule has 2 aliphatic rings. The van der Waals surface area contributed by atoms with Crippen molar-refractivity contribution in [3.05, 3.63) is 29.8 Å². The number of thioether (sulfide) groups is 1. The molecule has 17 heavy (non-hydrogen) atoms. The molecule has 2 aliphatic heterocycles. The summed E-state index contributed by atoms with van der Waals surface area (Å²) in [6.45, 7) is 3.75. The Balaban J connectivity index is 1.57. The van der Waals surface area contributed by atoms with Crippen LogP contribution in [-0.2, 0) is 6.42 Å². The Bertz CT molecular complexity index is 347. The van der Waals surface area contributed by atoms with Crippen LogP contribution in [0.4, 0.5) is 5.69 Å². The van der Waals surface area contributed by atoms with E-state index in [2.05, 4.69) is 46.2 Å². The molecule has 0 aromatic heterocycles. The summed E-state index contributed by atoms with van der Waals surface area (Å²) < 4.78 is 0. The number of hydrogen-bond acceptors (Lipinski definition) is 3. The van der Waals surface area contributed by atoms with Crippen LogP contribution < -0.4 is 5.32 Å². The maximum absolute atomic E-state index is 3.65. The molecule has 2 heterocycles. The highest BCUT2D eigenvalue weighted by Gasteiger charge is 2.22. The second-order valence-electron chi connectivity index (χ2n) is 4.97. The first kappa shape index (κ1) is 11.4. The van der Waals surface area contributed by atoms with Crippen LogP contribution in [0, 0.1) is 0 Å². The third-order valence-corrected chi connectivity index (χ3v) is 4.69. The van der Waals surface area contributed by atoms with Gasteiger partial charge in [-0.2, -0.15) is 11.8 Å². The molecule has 0 bridgehead atoms. The van der Waals surface area contributed by atoms with Gasteiger partial charge in [0.15, 0.2) is 0 Å². The Kier molecular flexibility index (Phi) is 3.57. The van der Waals surface area contributed by atoms with Crippen LogP contribution in [0.25, 0.3) is 0 Å². The molecule has 1 fully saturated rings. The van der Waals surface area contributed by atoms with E-state index in [1.165, 1.54) is 55.2 Å². The van der Waals surface area contributed by atoms with E-state index in [0.717, 1.165) is 0 Å². The number of para-hydroxylation sites is 1. The van der Waals surface area contributed by atoms with Crippen molar-refractivity contribution in [3.8, 4) is 0 Å². The van der Waals surface area contributed by atoms with Crippen LogP contribution in [0.3, 0.4) is 0 Å². The molecule has 3 heteroatoms. The van der Waals surface area contributed by atoms with Crippen LogP contribution in [0.1, 0.15) is 12.0 Å². The lowest BCUT2D eigenvalue weighted by Gasteiger charge is -2.23. The predicted molar refractivity (Wildman–Crippen MR) is 75.9 cm³/mol. The summed E-state index contributed by atoms with van der Waals surface area (Å²) in [5.74, 6) is 2.65. The van der Waals surface area contributed by atoms with E-state index in [-0.39, 0.29) is 0 Å². The quantitative estimate of drug-likeness (QED) is 0.865. The molecule has 3 rings (SSSR count). The predicted octanol–water partition coefficient (Wildman–Crippen LogP) is 2.46. The highest BCUT2D eigenvalue weighted by Crippen LogP contribution is 2.25. The number of nitrogens with one attached hydrogen (secondary N) is 1. The summed E-state index contributed by atoms with van der Waals surface area (Å²) in [5.41, 5.74) is 2.84. The first-order valence-corrected chi connectivity index (χ1v) is 7.72. The molecule has 1 atom stereocenters. The zero-order valence-corrected chi connectivity index (χ0v) is 11.0. The smallest absolute Gasteiger partial charge is 0.0429 e. The standard InChI is InChI=1S/C14H20N2S/c1-2-5-14-12(4-1)10-13(15-14)11-16-6-3-8-17-9-7-16/h1-2,4-5,13,15H,3,6-11H2. The van der Waals surface area contributed by atoms with Crippen LogP contribution in [0.2, 0.25) is 0 Å². The number of anilines is 1. The van der Waals surface area contributed by atoms with E-state index in [1.807, 2.05) is 0 Å². The number of hydrogen-bond donors (Lipinski definition) is 1. The molecular formula is C14H20N2S. The third-order valence-electron chi connectivity index (χ3n) is 3.64. The number of nitrogens with zero attached hydrogens (tertiary/aromatic N) is 1. The highest BCUT2D eigenvalue weighted by molar-refractivity contribution is 7.99. The maximum atomic E-state index is 3.65. The van der Waals surface area contributed by atoms with Gasteiger partial charge in [-0.3, -0.25) is 0 Å². The summed E-state index contributed by atoms with van der Waals surface area (Å²) in [7, 11) is 0. The van der Waals surface area contributed by atoms with E-state index in [9.17, 15) is 0 Å². The van der Waals surface area contributed by atoms with Gasteiger partial charge in [-0.25, -0.2) is 0 Å². The zero-order chi connectivity index (χ0) is 11.5. The lowest BCUT2D eigenvalue weighted by Crippen LogP contribution is -2.37. The van der Waals surface area contributed by atoms with Gasteiger partial charge < -0.3 is 10.2 Å². The van der Waals surface area contributed by atoms with Gasteiger partial charge >= 0.3 is 0 Å². The van der Waals surface area contributed by atoms with Crippen molar-refractivity contribution in [2.75, 3.05) is 36.5 Å². The molecule has 1 aromatic rings. The van der Waals surface area contributed by atoms with E-state index in [1.54, 1.807) is 0 Å². The largest absolute Gasteiger partial charge is 0.380 e. The SMILES string of the molecule is c1ccc2c(c1)CC(CN1CCCSCC1)N2. The first-order chi connectivity index (χ1) is 8.42. The zero-order valence-electron chi connectivity index (χ0n) is 10.2. The molecule has 0 aliphatic carbocycles. The van der Waals surface area contributed by atoms with Gasteiger partial charge in [-0.1, -0.05) is 18.2 Å². The molecule has 1 unspecified atom stereocenters. The van der Waals surface area contributed by atoms with Crippen LogP contribution >= 0.6 is 11.8 Å². The van der Waals surface area contributed by atoms with Crippen molar-refractivity contribution in [1.29, 1.82) is 0 Å². The molecule has 1 N–H and O–H groups in total. The van der Waals surface area contributed by atoms with E-state index >= 15 is 0 Å². The van der Waals surface area contributed by atoms with Gasteiger partial charge in [0.2, 0.25) is 0 Å². The Morgan fingerprint density at radius 2 is 2.18 bits per heavy atom. The minimum absolute atomic E-state index is 0.621. The normalized spacial score (nSPS) is 25.1. The summed E-state index contributed by atoms with van der Waals surface area (Å²) >= 11 is 2.10. The molecule has 0 radical (unpaired) electrons. The van der Waals surface area contributed by atoms with E-state index in [4.69, 9.17) is 0 Å². The Morgan fingerprint density at radius 3 is 3.12 bits per heavy atom. The number of fused-ring (bicyclic) bond motifs is 1. The van der Waals surface area contributed by atoms with Gasteiger partial charge in [0.25, 0.3) is 0 Å². The Labute approximate surface area is 108 Å².